The number of aromatic amines is 1. The van der Waals surface area contributed by atoms with Crippen LogP contribution in [0.1, 0.15) is 44.0 Å². The number of nitrogens with one attached hydrogen (secondary N) is 2. The summed E-state index contributed by atoms with van der Waals surface area (Å²) in [4.78, 5) is 16.7. The lowest BCUT2D eigenvalue weighted by molar-refractivity contribution is 0.0728. The van der Waals surface area contributed by atoms with Crippen LogP contribution in [0.2, 0.25) is 0 Å². The fourth-order valence-electron chi connectivity index (χ4n) is 6.54. The Balaban J connectivity index is 1.02. The number of pyridine rings is 2. The van der Waals surface area contributed by atoms with E-state index in [9.17, 15) is 12.8 Å². The smallest absolute Gasteiger partial charge is 0.235 e. The van der Waals surface area contributed by atoms with Crippen molar-refractivity contribution in [3.63, 3.8) is 0 Å². The van der Waals surface area contributed by atoms with Gasteiger partial charge in [-0.1, -0.05) is 0 Å². The van der Waals surface area contributed by atoms with Crippen molar-refractivity contribution in [1.29, 1.82) is 0 Å². The van der Waals surface area contributed by atoms with Crippen LogP contribution in [0, 0.1) is 11.8 Å². The molecule has 3 saturated carbocycles. The molecule has 39 heavy (non-hydrogen) atoms. The molecule has 0 aromatic carbocycles. The summed E-state index contributed by atoms with van der Waals surface area (Å²) in [7, 11) is -3.29. The molecule has 2 atom stereocenters. The monoisotopic (exact) mass is 550 g/mol. The third kappa shape index (κ3) is 4.59. The van der Waals surface area contributed by atoms with Crippen molar-refractivity contribution >= 4 is 26.6 Å². The zero-order chi connectivity index (χ0) is 26.8. The highest BCUT2D eigenvalue weighted by Gasteiger charge is 2.57. The number of alkyl halides is 1. The molecule has 0 amide bonds. The van der Waals surface area contributed by atoms with Crippen molar-refractivity contribution in [2.45, 2.75) is 57.4 Å². The summed E-state index contributed by atoms with van der Waals surface area (Å²) in [5.74, 6) is 1.58. The van der Waals surface area contributed by atoms with E-state index in [2.05, 4.69) is 43.3 Å². The molecule has 4 fully saturated rings. The van der Waals surface area contributed by atoms with Crippen molar-refractivity contribution in [2.75, 3.05) is 16.6 Å². The van der Waals surface area contributed by atoms with Gasteiger partial charge in [0.25, 0.3) is 0 Å². The van der Waals surface area contributed by atoms with E-state index in [4.69, 9.17) is 0 Å². The van der Waals surface area contributed by atoms with Crippen LogP contribution in [0.3, 0.4) is 0 Å². The zero-order valence-electron chi connectivity index (χ0n) is 21.7. The van der Waals surface area contributed by atoms with Gasteiger partial charge in [-0.05, 0) is 62.6 Å². The van der Waals surface area contributed by atoms with Crippen molar-refractivity contribution in [3.8, 4) is 11.4 Å². The van der Waals surface area contributed by atoms with E-state index < -0.39 is 15.7 Å². The van der Waals surface area contributed by atoms with Gasteiger partial charge in [-0.3, -0.25) is 14.3 Å². The fourth-order valence-corrected chi connectivity index (χ4v) is 8.08. The Hall–Kier alpha value is -3.38. The molecule has 3 aliphatic carbocycles. The lowest BCUT2D eigenvalue weighted by Gasteiger charge is -2.31. The number of sulfonamides is 1. The summed E-state index contributed by atoms with van der Waals surface area (Å²) in [6.45, 7) is 3.77. The van der Waals surface area contributed by atoms with E-state index in [0.717, 1.165) is 35.1 Å². The van der Waals surface area contributed by atoms with Gasteiger partial charge in [0, 0.05) is 53.7 Å². The van der Waals surface area contributed by atoms with Gasteiger partial charge < -0.3 is 10.3 Å². The Morgan fingerprint density at radius 1 is 1.18 bits per heavy atom. The zero-order valence-corrected chi connectivity index (χ0v) is 22.5. The minimum Gasteiger partial charge on any atom is -0.357 e. The normalized spacial score (nSPS) is 26.3. The molecule has 1 aliphatic heterocycles. The minimum absolute atomic E-state index is 0.154. The molecule has 1 saturated heterocycles. The number of fused-ring (bicyclic) bond motifs is 2. The van der Waals surface area contributed by atoms with Crippen LogP contribution in [-0.4, -0.2) is 62.1 Å². The quantitative estimate of drug-likeness (QED) is 0.345. The second-order valence-electron chi connectivity index (χ2n) is 11.4. The first-order valence-corrected chi connectivity index (χ1v) is 15.1. The molecule has 8 rings (SSSR count). The third-order valence-corrected chi connectivity index (χ3v) is 10.4. The molecular weight excluding hydrogens is 519 g/mol. The number of aromatic nitrogens is 6. The maximum Gasteiger partial charge on any atom is 0.235 e. The second-order valence-corrected chi connectivity index (χ2v) is 13.4. The van der Waals surface area contributed by atoms with Gasteiger partial charge in [0.2, 0.25) is 10.0 Å². The van der Waals surface area contributed by atoms with Gasteiger partial charge in [-0.15, -0.1) is 0 Å². The highest BCUT2D eigenvalue weighted by Crippen LogP contribution is 2.58. The third-order valence-electron chi connectivity index (χ3n) is 8.57. The van der Waals surface area contributed by atoms with Crippen LogP contribution in [0.5, 0.6) is 0 Å². The molecule has 204 valence electrons. The summed E-state index contributed by atoms with van der Waals surface area (Å²) in [6.07, 6.45) is 9.47. The van der Waals surface area contributed by atoms with Crippen LogP contribution in [0.15, 0.2) is 43.1 Å². The molecule has 10 nitrogen and oxygen atoms in total. The molecule has 5 heterocycles. The summed E-state index contributed by atoms with van der Waals surface area (Å²) in [6, 6.07) is 6.17. The molecular formula is C27H31FN8O2S. The van der Waals surface area contributed by atoms with Crippen molar-refractivity contribution in [2.24, 2.45) is 11.8 Å². The highest BCUT2D eigenvalue weighted by atomic mass is 32.2. The SMILES string of the molecule is CC(NCc1cc2cnc(Cn3cnc(-c4cncc(N5CCCS5(=O)=O)c4)n3)cc2[nH]1)[C@@H]1CC2(F)CC1C2. The number of anilines is 1. The number of halogens is 1. The Morgan fingerprint density at radius 2 is 2.05 bits per heavy atom. The first-order valence-electron chi connectivity index (χ1n) is 13.5. The first kappa shape index (κ1) is 24.6. The van der Waals surface area contributed by atoms with Gasteiger partial charge >= 0.3 is 0 Å². The first-order chi connectivity index (χ1) is 18.7. The maximum absolute atomic E-state index is 14.3. The number of H-pyrrole nitrogens is 1. The van der Waals surface area contributed by atoms with Crippen LogP contribution < -0.4 is 9.62 Å². The largest absolute Gasteiger partial charge is 0.357 e. The van der Waals surface area contributed by atoms with Gasteiger partial charge in [-0.2, -0.15) is 5.10 Å². The van der Waals surface area contributed by atoms with E-state index in [0.29, 0.717) is 61.4 Å². The topological polar surface area (TPSA) is 122 Å². The van der Waals surface area contributed by atoms with Crippen LogP contribution in [-0.2, 0) is 23.1 Å². The highest BCUT2D eigenvalue weighted by molar-refractivity contribution is 7.93. The Labute approximate surface area is 226 Å². The Morgan fingerprint density at radius 3 is 2.82 bits per heavy atom. The Bertz CT molecular complexity index is 1640. The molecule has 0 spiro atoms. The number of rotatable bonds is 8. The molecule has 1 unspecified atom stereocenters. The maximum atomic E-state index is 14.3. The van der Waals surface area contributed by atoms with E-state index in [1.807, 2.05) is 12.3 Å². The minimum atomic E-state index is -3.29. The summed E-state index contributed by atoms with van der Waals surface area (Å²) < 4.78 is 42.0. The van der Waals surface area contributed by atoms with Gasteiger partial charge in [0.05, 0.1) is 29.9 Å². The molecule has 2 N–H and O–H groups in total. The van der Waals surface area contributed by atoms with Crippen LogP contribution in [0.25, 0.3) is 22.3 Å². The fraction of sp³-hybridized carbons (Fsp3) is 0.481. The van der Waals surface area contributed by atoms with Crippen molar-refractivity contribution in [1.82, 2.24) is 35.0 Å². The van der Waals surface area contributed by atoms with Gasteiger partial charge in [0.15, 0.2) is 5.82 Å². The van der Waals surface area contributed by atoms with E-state index in [1.54, 1.807) is 29.5 Å². The predicted molar refractivity (Wildman–Crippen MR) is 145 cm³/mol. The van der Waals surface area contributed by atoms with Gasteiger partial charge in [-0.25, -0.2) is 22.5 Å². The average Bonchev–Trinajstić information content (AvgIpc) is 3.70. The molecule has 0 radical (unpaired) electrons. The average molecular weight is 551 g/mol. The lowest BCUT2D eigenvalue weighted by atomic mass is 9.79. The second kappa shape index (κ2) is 9.09. The number of nitrogens with zero attached hydrogens (tertiary/aromatic N) is 6. The van der Waals surface area contributed by atoms with Gasteiger partial charge in [0.1, 0.15) is 12.0 Å². The predicted octanol–water partition coefficient (Wildman–Crippen LogP) is 3.42. The van der Waals surface area contributed by atoms with Crippen molar-refractivity contribution < 1.29 is 12.8 Å². The molecule has 4 aromatic rings. The standard InChI is InChI=1S/C27H31FN8O2S/c1-17(24-10-27(28)8-20(24)9-27)30-13-21-5-18-12-31-22(7-25(18)33-21)15-35-16-32-26(34-35)19-6-23(14-29-11-19)36-3-2-4-39(36,37)38/h5-7,11-12,14,16-17,20,24,30,33H,2-4,8-10,13,15H2,1H3/t17?,20?,24-,27?/m0/s1. The molecule has 2 bridgehead atoms. The lowest BCUT2D eigenvalue weighted by Crippen LogP contribution is -2.35. The van der Waals surface area contributed by atoms with Crippen LogP contribution in [0.4, 0.5) is 10.1 Å². The summed E-state index contributed by atoms with van der Waals surface area (Å²) in [5, 5.41) is 9.20. The van der Waals surface area contributed by atoms with Crippen LogP contribution >= 0.6 is 0 Å². The number of hydrogen-bond donors (Lipinski definition) is 2. The van der Waals surface area contributed by atoms with E-state index in [1.165, 1.54) is 4.31 Å². The summed E-state index contributed by atoms with van der Waals surface area (Å²) >= 11 is 0. The number of hydrogen-bond acceptors (Lipinski definition) is 7. The van der Waals surface area contributed by atoms with E-state index in [-0.39, 0.29) is 11.8 Å². The molecule has 4 aromatic heterocycles. The Kier molecular flexibility index (Phi) is 5.74. The molecule has 12 heteroatoms. The summed E-state index contributed by atoms with van der Waals surface area (Å²) in [5.41, 5.74) is 3.21. The molecule has 4 aliphatic rings. The van der Waals surface area contributed by atoms with Crippen molar-refractivity contribution in [3.05, 3.63) is 54.5 Å². The van der Waals surface area contributed by atoms with E-state index >= 15 is 0 Å².